The van der Waals surface area contributed by atoms with Gasteiger partial charge in [0, 0.05) is 12.1 Å². The van der Waals surface area contributed by atoms with Gasteiger partial charge in [0.2, 0.25) is 5.91 Å². The van der Waals surface area contributed by atoms with E-state index in [1.54, 1.807) is 0 Å². The zero-order valence-electron chi connectivity index (χ0n) is 16.0. The van der Waals surface area contributed by atoms with Crippen molar-refractivity contribution in [2.45, 2.75) is 32.7 Å². The van der Waals surface area contributed by atoms with Crippen LogP contribution in [0.5, 0.6) is 0 Å². The second-order valence-electron chi connectivity index (χ2n) is 6.69. The van der Waals surface area contributed by atoms with Crippen molar-refractivity contribution in [3.8, 4) is 0 Å². The van der Waals surface area contributed by atoms with Crippen molar-refractivity contribution < 1.29 is 9.59 Å². The quantitative estimate of drug-likeness (QED) is 0.680. The first kappa shape index (κ1) is 22.7. The summed E-state index contributed by atoms with van der Waals surface area (Å²) in [6.07, 6.45) is 0. The first-order valence-corrected chi connectivity index (χ1v) is 8.85. The third kappa shape index (κ3) is 6.38. The first-order chi connectivity index (χ1) is 12.4. The number of rotatable bonds is 7. The molecule has 1 atom stereocenters. The molecule has 0 aliphatic carbocycles. The van der Waals surface area contributed by atoms with E-state index < -0.39 is 0 Å². The Labute approximate surface area is 167 Å². The molecule has 0 radical (unpaired) electrons. The van der Waals surface area contributed by atoms with Crippen LogP contribution in [0.15, 0.2) is 48.5 Å². The van der Waals surface area contributed by atoms with Crippen molar-refractivity contribution in [1.29, 1.82) is 0 Å². The van der Waals surface area contributed by atoms with Gasteiger partial charge in [-0.05, 0) is 30.0 Å². The molecule has 0 saturated heterocycles. The summed E-state index contributed by atoms with van der Waals surface area (Å²) in [5.74, 6) is -0.148. The molecular weight excluding hydrogens is 362 g/mol. The van der Waals surface area contributed by atoms with Gasteiger partial charge in [-0.1, -0.05) is 61.9 Å². The molecule has 2 amide bonds. The average molecular weight is 390 g/mol. The van der Waals surface area contributed by atoms with Crippen LogP contribution in [0.3, 0.4) is 0 Å². The molecule has 0 heterocycles. The number of nitrogens with two attached hydrogens (primary N) is 1. The maximum atomic E-state index is 12.8. The highest BCUT2D eigenvalue weighted by Gasteiger charge is 2.18. The Morgan fingerprint density at radius 1 is 1.07 bits per heavy atom. The second kappa shape index (κ2) is 10.7. The number of amides is 2. The van der Waals surface area contributed by atoms with Crippen LogP contribution in [-0.4, -0.2) is 24.9 Å². The molecule has 4 N–H and O–H groups in total. The Morgan fingerprint density at radius 2 is 1.74 bits per heavy atom. The molecule has 2 rings (SSSR count). The summed E-state index contributed by atoms with van der Waals surface area (Å²) in [7, 11) is 0. The summed E-state index contributed by atoms with van der Waals surface area (Å²) in [6.45, 7) is 6.30. The van der Waals surface area contributed by atoms with E-state index in [0.717, 1.165) is 16.7 Å². The fraction of sp³-hybridized carbons (Fsp3) is 0.333. The Kier molecular flexibility index (Phi) is 8.98. The van der Waals surface area contributed by atoms with E-state index in [2.05, 4.69) is 24.5 Å². The zero-order valence-corrected chi connectivity index (χ0v) is 16.8. The van der Waals surface area contributed by atoms with Gasteiger partial charge in [0.05, 0.1) is 12.6 Å². The molecule has 0 aromatic heterocycles. The van der Waals surface area contributed by atoms with E-state index in [9.17, 15) is 9.59 Å². The van der Waals surface area contributed by atoms with Gasteiger partial charge < -0.3 is 16.4 Å². The molecule has 5 nitrogen and oxygen atoms in total. The van der Waals surface area contributed by atoms with E-state index in [0.29, 0.717) is 12.1 Å². The number of halogens is 1. The molecule has 27 heavy (non-hydrogen) atoms. The highest BCUT2D eigenvalue weighted by Crippen LogP contribution is 2.21. The number of carbonyl (C=O) groups excluding carboxylic acids is 2. The second-order valence-corrected chi connectivity index (χ2v) is 6.69. The molecular formula is C21H28ClN3O2. The summed E-state index contributed by atoms with van der Waals surface area (Å²) in [6, 6.07) is 15.1. The summed E-state index contributed by atoms with van der Waals surface area (Å²) < 4.78 is 0. The van der Waals surface area contributed by atoms with Crippen LogP contribution in [0.4, 0.5) is 0 Å². The lowest BCUT2D eigenvalue weighted by Crippen LogP contribution is -2.40. The van der Waals surface area contributed by atoms with E-state index in [4.69, 9.17) is 5.73 Å². The molecule has 2 aromatic carbocycles. The van der Waals surface area contributed by atoms with Crippen LogP contribution < -0.4 is 16.4 Å². The average Bonchev–Trinajstić information content (AvgIpc) is 2.64. The lowest BCUT2D eigenvalue weighted by Gasteiger charge is -2.20. The predicted octanol–water partition coefficient (Wildman–Crippen LogP) is 3.09. The van der Waals surface area contributed by atoms with Crippen molar-refractivity contribution in [2.24, 2.45) is 5.73 Å². The van der Waals surface area contributed by atoms with E-state index in [1.165, 1.54) is 0 Å². The Balaban J connectivity index is 0.00000364. The number of carbonyl (C=O) groups is 2. The fourth-order valence-corrected chi connectivity index (χ4v) is 2.85. The molecule has 0 aliphatic heterocycles. The van der Waals surface area contributed by atoms with Crippen molar-refractivity contribution >= 4 is 24.2 Å². The minimum Gasteiger partial charge on any atom is -0.350 e. The summed E-state index contributed by atoms with van der Waals surface area (Å²) in [5, 5.41) is 5.81. The third-order valence-corrected chi connectivity index (χ3v) is 4.26. The molecule has 0 bridgehead atoms. The zero-order chi connectivity index (χ0) is 19.1. The van der Waals surface area contributed by atoms with Crippen molar-refractivity contribution in [3.05, 3.63) is 70.8 Å². The molecule has 0 aliphatic rings. The van der Waals surface area contributed by atoms with Gasteiger partial charge in [-0.25, -0.2) is 0 Å². The van der Waals surface area contributed by atoms with Gasteiger partial charge in [-0.3, -0.25) is 9.59 Å². The minimum absolute atomic E-state index is 0. The summed E-state index contributed by atoms with van der Waals surface area (Å²) >= 11 is 0. The Bertz CT molecular complexity index is 763. The van der Waals surface area contributed by atoms with Crippen LogP contribution in [0.2, 0.25) is 0 Å². The topological polar surface area (TPSA) is 84.2 Å². The van der Waals surface area contributed by atoms with E-state index in [1.807, 2.05) is 55.5 Å². The van der Waals surface area contributed by atoms with Gasteiger partial charge in [0.25, 0.3) is 5.91 Å². The van der Waals surface area contributed by atoms with Crippen LogP contribution in [-0.2, 0) is 4.79 Å². The smallest absolute Gasteiger partial charge is 0.251 e. The molecule has 0 spiro atoms. The lowest BCUT2D eigenvalue weighted by atomic mass is 9.95. The molecule has 0 saturated carbocycles. The SMILES string of the molecule is Cc1ccc(C(C)C)c(C(=O)NC[C@@H](NC(=O)CN)c2ccccc2)c1.Cl. The predicted molar refractivity (Wildman–Crippen MR) is 111 cm³/mol. The molecule has 2 aromatic rings. The maximum absolute atomic E-state index is 12.8. The van der Waals surface area contributed by atoms with Crippen LogP contribution in [0, 0.1) is 6.92 Å². The van der Waals surface area contributed by atoms with Crippen LogP contribution in [0.25, 0.3) is 0 Å². The maximum Gasteiger partial charge on any atom is 0.251 e. The number of benzene rings is 2. The third-order valence-electron chi connectivity index (χ3n) is 4.26. The number of nitrogens with one attached hydrogen (secondary N) is 2. The largest absolute Gasteiger partial charge is 0.350 e. The molecule has 6 heteroatoms. The van der Waals surface area contributed by atoms with E-state index >= 15 is 0 Å². The van der Waals surface area contributed by atoms with Crippen molar-refractivity contribution in [1.82, 2.24) is 10.6 Å². The Morgan fingerprint density at radius 3 is 2.33 bits per heavy atom. The van der Waals surface area contributed by atoms with Gasteiger partial charge in [-0.2, -0.15) is 0 Å². The van der Waals surface area contributed by atoms with Crippen molar-refractivity contribution in [3.63, 3.8) is 0 Å². The van der Waals surface area contributed by atoms with Crippen LogP contribution in [0.1, 0.15) is 52.9 Å². The minimum atomic E-state index is -0.330. The highest BCUT2D eigenvalue weighted by atomic mass is 35.5. The monoisotopic (exact) mass is 389 g/mol. The number of hydrogen-bond donors (Lipinski definition) is 3. The lowest BCUT2D eigenvalue weighted by molar-refractivity contribution is -0.120. The van der Waals surface area contributed by atoms with Gasteiger partial charge >= 0.3 is 0 Å². The van der Waals surface area contributed by atoms with Crippen molar-refractivity contribution in [2.75, 3.05) is 13.1 Å². The first-order valence-electron chi connectivity index (χ1n) is 8.85. The van der Waals surface area contributed by atoms with Crippen LogP contribution >= 0.6 is 12.4 Å². The molecule has 0 unspecified atom stereocenters. The number of hydrogen-bond acceptors (Lipinski definition) is 3. The number of aryl methyl sites for hydroxylation is 1. The normalized spacial score (nSPS) is 11.4. The standard InChI is InChI=1S/C21H27N3O2.ClH/c1-14(2)17-10-9-15(3)11-18(17)21(26)23-13-19(24-20(25)12-22)16-7-5-4-6-8-16;/h4-11,14,19H,12-13,22H2,1-3H3,(H,23,26)(H,24,25);1H/t19-;/m1./s1. The fourth-order valence-electron chi connectivity index (χ4n) is 2.85. The highest BCUT2D eigenvalue weighted by molar-refractivity contribution is 5.96. The molecule has 146 valence electrons. The van der Waals surface area contributed by atoms with Gasteiger partial charge in [-0.15, -0.1) is 12.4 Å². The van der Waals surface area contributed by atoms with Gasteiger partial charge in [0.15, 0.2) is 0 Å². The molecule has 0 fully saturated rings. The van der Waals surface area contributed by atoms with E-state index in [-0.39, 0.29) is 42.7 Å². The van der Waals surface area contributed by atoms with Gasteiger partial charge in [0.1, 0.15) is 0 Å². The summed E-state index contributed by atoms with van der Waals surface area (Å²) in [4.78, 5) is 24.5. The Hall–Kier alpha value is -2.37. The summed E-state index contributed by atoms with van der Waals surface area (Å²) in [5.41, 5.74) is 9.06.